The Morgan fingerprint density at radius 3 is 2.76 bits per heavy atom. The van der Waals surface area contributed by atoms with Crippen LogP contribution in [0.2, 0.25) is 0 Å². The quantitative estimate of drug-likeness (QED) is 0.742. The smallest absolute Gasteiger partial charge is 0.265 e. The number of halogens is 1. The maximum Gasteiger partial charge on any atom is 0.265 e. The number of benzene rings is 1. The van der Waals surface area contributed by atoms with Crippen LogP contribution in [-0.4, -0.2) is 16.8 Å². The number of hydrogen-bond donors (Lipinski definition) is 2. The number of fused-ring (bicyclic) bond motifs is 1. The number of nitrogens with zero attached hydrogens (tertiary/aromatic N) is 1. The number of carbonyl (C=O) groups excluding carboxylic acids is 2. The molecule has 2 heterocycles. The van der Waals surface area contributed by atoms with Gasteiger partial charge in [0.15, 0.2) is 0 Å². The molecule has 1 saturated carbocycles. The Balaban J connectivity index is 1.53. The molecule has 5 nitrogen and oxygen atoms in total. The lowest BCUT2D eigenvalue weighted by Gasteiger charge is -2.08. The molecular formula is C18H14FN3O2S. The van der Waals surface area contributed by atoms with Gasteiger partial charge in [-0.05, 0) is 49.2 Å². The fourth-order valence-electron chi connectivity index (χ4n) is 2.53. The van der Waals surface area contributed by atoms with Gasteiger partial charge in [0.2, 0.25) is 5.91 Å². The maximum atomic E-state index is 13.8. The molecule has 4 rings (SSSR count). The van der Waals surface area contributed by atoms with Crippen molar-refractivity contribution in [3.63, 3.8) is 0 Å². The summed E-state index contributed by atoms with van der Waals surface area (Å²) in [4.78, 5) is 28.7. The molecule has 0 atom stereocenters. The lowest BCUT2D eigenvalue weighted by atomic mass is 10.1. The summed E-state index contributed by atoms with van der Waals surface area (Å²) in [5, 5.41) is 6.79. The van der Waals surface area contributed by atoms with Crippen LogP contribution in [0.5, 0.6) is 0 Å². The summed E-state index contributed by atoms with van der Waals surface area (Å²) in [5.74, 6) is -0.634. The first-order chi connectivity index (χ1) is 12.1. The van der Waals surface area contributed by atoms with E-state index in [9.17, 15) is 14.0 Å². The molecule has 1 aliphatic carbocycles. The second-order valence-electron chi connectivity index (χ2n) is 5.88. The van der Waals surface area contributed by atoms with E-state index in [1.165, 1.54) is 29.7 Å². The molecule has 0 radical (unpaired) electrons. The van der Waals surface area contributed by atoms with Crippen LogP contribution in [0.15, 0.2) is 42.6 Å². The van der Waals surface area contributed by atoms with Gasteiger partial charge in [0.1, 0.15) is 11.3 Å². The molecule has 3 aromatic rings. The van der Waals surface area contributed by atoms with E-state index in [0.29, 0.717) is 21.0 Å². The highest BCUT2D eigenvalue weighted by Crippen LogP contribution is 2.32. The van der Waals surface area contributed by atoms with Crippen LogP contribution in [0.4, 0.5) is 15.1 Å². The fraction of sp³-hybridized carbons (Fsp3) is 0.167. The molecule has 25 heavy (non-hydrogen) atoms. The van der Waals surface area contributed by atoms with Crippen LogP contribution in [0.25, 0.3) is 10.9 Å². The summed E-state index contributed by atoms with van der Waals surface area (Å²) < 4.78 is 13.8. The van der Waals surface area contributed by atoms with Gasteiger partial charge in [0.05, 0.1) is 15.6 Å². The van der Waals surface area contributed by atoms with Crippen LogP contribution in [0.1, 0.15) is 22.5 Å². The monoisotopic (exact) mass is 355 g/mol. The summed E-state index contributed by atoms with van der Waals surface area (Å²) in [6.45, 7) is 0. The Morgan fingerprint density at radius 2 is 1.96 bits per heavy atom. The van der Waals surface area contributed by atoms with E-state index in [2.05, 4.69) is 15.6 Å². The number of nitrogens with one attached hydrogen (secondary N) is 2. The third-order valence-electron chi connectivity index (χ3n) is 3.99. The molecule has 2 N–H and O–H groups in total. The van der Waals surface area contributed by atoms with Gasteiger partial charge in [-0.1, -0.05) is 0 Å². The first kappa shape index (κ1) is 15.7. The molecule has 126 valence electrons. The standard InChI is InChI=1S/C18H14FN3O2S/c19-12-5-6-13(11-2-1-9-20-16(11)12)21-18(24)14-7-8-15(25-14)22-17(23)10-3-4-10/h1-2,5-10H,3-4H2,(H,21,24)(H,22,23). The summed E-state index contributed by atoms with van der Waals surface area (Å²) in [7, 11) is 0. The third kappa shape index (κ3) is 3.23. The first-order valence-electron chi connectivity index (χ1n) is 7.87. The van der Waals surface area contributed by atoms with Gasteiger partial charge in [-0.15, -0.1) is 11.3 Å². The number of pyridine rings is 1. The van der Waals surface area contributed by atoms with Gasteiger partial charge >= 0.3 is 0 Å². The third-order valence-corrected chi connectivity index (χ3v) is 4.99. The Kier molecular flexibility index (Phi) is 3.93. The van der Waals surface area contributed by atoms with E-state index >= 15 is 0 Å². The van der Waals surface area contributed by atoms with E-state index in [0.717, 1.165) is 12.8 Å². The van der Waals surface area contributed by atoms with Gasteiger partial charge in [-0.2, -0.15) is 0 Å². The first-order valence-corrected chi connectivity index (χ1v) is 8.69. The summed E-state index contributed by atoms with van der Waals surface area (Å²) in [6, 6.07) is 9.56. The molecule has 0 saturated heterocycles. The van der Waals surface area contributed by atoms with E-state index in [-0.39, 0.29) is 23.2 Å². The molecule has 0 bridgehead atoms. The largest absolute Gasteiger partial charge is 0.321 e. The average Bonchev–Trinajstić information content (AvgIpc) is 3.37. The van der Waals surface area contributed by atoms with Crippen molar-refractivity contribution in [2.45, 2.75) is 12.8 Å². The Labute approximate surface area is 146 Å². The molecule has 0 spiro atoms. The van der Waals surface area contributed by atoms with Crippen molar-refractivity contribution in [1.29, 1.82) is 0 Å². The number of rotatable bonds is 4. The maximum absolute atomic E-state index is 13.8. The SMILES string of the molecule is O=C(Nc1ccc(F)c2ncccc12)c1ccc(NC(=O)C2CC2)s1. The van der Waals surface area contributed by atoms with Gasteiger partial charge < -0.3 is 10.6 Å². The van der Waals surface area contributed by atoms with Crippen molar-refractivity contribution in [1.82, 2.24) is 4.98 Å². The molecule has 7 heteroatoms. The van der Waals surface area contributed by atoms with E-state index in [4.69, 9.17) is 0 Å². The molecule has 2 aromatic heterocycles. The van der Waals surface area contributed by atoms with Crippen LogP contribution >= 0.6 is 11.3 Å². The highest BCUT2D eigenvalue weighted by Gasteiger charge is 2.29. The van der Waals surface area contributed by atoms with Crippen molar-refractivity contribution in [2.24, 2.45) is 5.92 Å². The molecule has 2 amide bonds. The molecule has 0 unspecified atom stereocenters. The van der Waals surface area contributed by atoms with Gasteiger partial charge in [-0.3, -0.25) is 14.6 Å². The lowest BCUT2D eigenvalue weighted by Crippen LogP contribution is -2.12. The number of amides is 2. The Hall–Kier alpha value is -2.80. The molecule has 1 fully saturated rings. The second-order valence-corrected chi connectivity index (χ2v) is 6.96. The minimum atomic E-state index is -0.435. The minimum Gasteiger partial charge on any atom is -0.321 e. The van der Waals surface area contributed by atoms with Gasteiger partial charge in [0.25, 0.3) is 5.91 Å². The van der Waals surface area contributed by atoms with Crippen molar-refractivity contribution in [2.75, 3.05) is 10.6 Å². The van der Waals surface area contributed by atoms with Crippen LogP contribution < -0.4 is 10.6 Å². The summed E-state index contributed by atoms with van der Waals surface area (Å²) in [6.07, 6.45) is 3.36. The average molecular weight is 355 g/mol. The zero-order valence-electron chi connectivity index (χ0n) is 13.1. The van der Waals surface area contributed by atoms with E-state index in [1.54, 1.807) is 24.3 Å². The number of thiophene rings is 1. The lowest BCUT2D eigenvalue weighted by molar-refractivity contribution is -0.117. The summed E-state index contributed by atoms with van der Waals surface area (Å²) in [5.41, 5.74) is 0.704. The molecule has 1 aliphatic rings. The van der Waals surface area contributed by atoms with E-state index < -0.39 is 5.82 Å². The highest BCUT2D eigenvalue weighted by atomic mass is 32.1. The van der Waals surface area contributed by atoms with E-state index in [1.807, 2.05) is 0 Å². The molecule has 0 aliphatic heterocycles. The Bertz CT molecular complexity index is 981. The normalized spacial score (nSPS) is 13.6. The number of aromatic nitrogens is 1. The number of carbonyl (C=O) groups is 2. The number of anilines is 2. The van der Waals surface area contributed by atoms with Crippen LogP contribution in [0.3, 0.4) is 0 Å². The number of hydrogen-bond acceptors (Lipinski definition) is 4. The zero-order chi connectivity index (χ0) is 17.4. The van der Waals surface area contributed by atoms with Crippen LogP contribution in [0, 0.1) is 11.7 Å². The predicted octanol–water partition coefficient (Wildman–Crippen LogP) is 4.04. The Morgan fingerprint density at radius 1 is 1.12 bits per heavy atom. The summed E-state index contributed by atoms with van der Waals surface area (Å²) >= 11 is 1.21. The van der Waals surface area contributed by atoms with Crippen molar-refractivity contribution < 1.29 is 14.0 Å². The minimum absolute atomic E-state index is 0.00408. The predicted molar refractivity (Wildman–Crippen MR) is 95.3 cm³/mol. The van der Waals surface area contributed by atoms with Crippen LogP contribution in [-0.2, 0) is 4.79 Å². The van der Waals surface area contributed by atoms with Gasteiger partial charge in [0, 0.05) is 17.5 Å². The van der Waals surface area contributed by atoms with Crippen molar-refractivity contribution >= 4 is 44.7 Å². The zero-order valence-corrected chi connectivity index (χ0v) is 13.9. The van der Waals surface area contributed by atoms with Crippen molar-refractivity contribution in [3.8, 4) is 0 Å². The topological polar surface area (TPSA) is 71.1 Å². The highest BCUT2D eigenvalue weighted by molar-refractivity contribution is 7.18. The fourth-order valence-corrected chi connectivity index (χ4v) is 3.33. The van der Waals surface area contributed by atoms with Gasteiger partial charge in [-0.25, -0.2) is 4.39 Å². The van der Waals surface area contributed by atoms with Crippen molar-refractivity contribution in [3.05, 3.63) is 53.3 Å². The molecular weight excluding hydrogens is 341 g/mol. The molecule has 1 aromatic carbocycles. The second kappa shape index (κ2) is 6.25.